The Labute approximate surface area is 117 Å². The van der Waals surface area contributed by atoms with Gasteiger partial charge in [-0.3, -0.25) is 9.59 Å². The van der Waals surface area contributed by atoms with Gasteiger partial charge in [0, 0.05) is 13.0 Å². The summed E-state index contributed by atoms with van der Waals surface area (Å²) in [6.45, 7) is 7.68. The molecule has 0 aromatic carbocycles. The Hall–Kier alpha value is -0.480. The fourth-order valence-electron chi connectivity index (χ4n) is 1.41. The highest BCUT2D eigenvalue weighted by atomic mass is 35.5. The second-order valence-corrected chi connectivity index (χ2v) is 6.88. The molecule has 1 N–H and O–H groups in total. The van der Waals surface area contributed by atoms with Crippen LogP contribution in [0.5, 0.6) is 0 Å². The Morgan fingerprint density at radius 1 is 1.33 bits per heavy atom. The van der Waals surface area contributed by atoms with E-state index in [4.69, 9.17) is 27.9 Å². The fourth-order valence-corrected chi connectivity index (χ4v) is 2.10. The van der Waals surface area contributed by atoms with Crippen LogP contribution in [-0.4, -0.2) is 28.9 Å². The van der Waals surface area contributed by atoms with Crippen LogP contribution in [0, 0.1) is 11.3 Å². The zero-order chi connectivity index (χ0) is 14.1. The van der Waals surface area contributed by atoms with Crippen molar-refractivity contribution in [1.82, 2.24) is 5.32 Å². The van der Waals surface area contributed by atoms with Crippen LogP contribution in [0.2, 0.25) is 0 Å². The van der Waals surface area contributed by atoms with Crippen molar-refractivity contribution < 1.29 is 14.3 Å². The van der Waals surface area contributed by atoms with Gasteiger partial charge in [0.2, 0.25) is 0 Å². The van der Waals surface area contributed by atoms with E-state index in [1.54, 1.807) is 6.92 Å². The van der Waals surface area contributed by atoms with E-state index < -0.39 is 21.8 Å². The maximum absolute atomic E-state index is 11.8. The molecule has 0 saturated heterocycles. The van der Waals surface area contributed by atoms with Crippen molar-refractivity contribution in [3.63, 3.8) is 0 Å². The average molecular weight is 296 g/mol. The molecule has 0 aromatic heterocycles. The number of amides is 1. The molecule has 0 bridgehead atoms. The lowest BCUT2D eigenvalue weighted by Crippen LogP contribution is -2.39. The minimum Gasteiger partial charge on any atom is -0.452 e. The van der Waals surface area contributed by atoms with Gasteiger partial charge in [0.15, 0.2) is 6.10 Å². The molecular weight excluding hydrogens is 277 g/mol. The number of alkyl halides is 2. The number of rotatable bonds is 5. The van der Waals surface area contributed by atoms with E-state index in [2.05, 4.69) is 5.32 Å². The molecule has 1 rings (SSSR count). The first kappa shape index (κ1) is 15.6. The first-order chi connectivity index (χ1) is 8.10. The summed E-state index contributed by atoms with van der Waals surface area (Å²) in [6.07, 6.45) is -0.486. The van der Waals surface area contributed by atoms with Crippen LogP contribution >= 0.6 is 23.2 Å². The minimum absolute atomic E-state index is 0.309. The summed E-state index contributed by atoms with van der Waals surface area (Å²) in [5.41, 5.74) is -0.900. The van der Waals surface area contributed by atoms with Gasteiger partial charge in [-0.05, 0) is 19.8 Å². The van der Waals surface area contributed by atoms with Crippen molar-refractivity contribution in [3.8, 4) is 0 Å². The first-order valence-electron chi connectivity index (χ1n) is 5.97. The first-order valence-corrected chi connectivity index (χ1v) is 6.72. The molecule has 0 heterocycles. The molecule has 18 heavy (non-hydrogen) atoms. The van der Waals surface area contributed by atoms with E-state index in [-0.39, 0.29) is 5.91 Å². The summed E-state index contributed by atoms with van der Waals surface area (Å²) in [5, 5.41) is 2.70. The molecule has 0 aromatic rings. The molecule has 1 fully saturated rings. The van der Waals surface area contributed by atoms with Gasteiger partial charge in [0.25, 0.3) is 5.91 Å². The summed E-state index contributed by atoms with van der Waals surface area (Å²) in [7, 11) is 0. The molecule has 104 valence electrons. The lowest BCUT2D eigenvalue weighted by atomic mass is 10.1. The minimum atomic E-state index is -1.07. The third-order valence-corrected chi connectivity index (χ3v) is 4.15. The molecule has 1 aliphatic carbocycles. The van der Waals surface area contributed by atoms with Crippen LogP contribution in [0.15, 0.2) is 0 Å². The molecule has 0 radical (unpaired) electrons. The average Bonchev–Trinajstić information content (AvgIpc) is 2.76. The molecule has 6 heteroatoms. The van der Waals surface area contributed by atoms with Gasteiger partial charge < -0.3 is 10.1 Å². The molecule has 2 unspecified atom stereocenters. The maximum Gasteiger partial charge on any atom is 0.315 e. The summed E-state index contributed by atoms with van der Waals surface area (Å²) in [4.78, 5) is 23.5. The maximum atomic E-state index is 11.8. The highest BCUT2D eigenvalue weighted by Gasteiger charge is 2.69. The van der Waals surface area contributed by atoms with Gasteiger partial charge >= 0.3 is 5.97 Å². The molecule has 2 atom stereocenters. The van der Waals surface area contributed by atoms with Crippen LogP contribution in [0.3, 0.4) is 0 Å². The highest BCUT2D eigenvalue weighted by Crippen LogP contribution is 2.64. The normalized spacial score (nSPS) is 26.6. The largest absolute Gasteiger partial charge is 0.452 e. The lowest BCUT2D eigenvalue weighted by molar-refractivity contribution is -0.159. The van der Waals surface area contributed by atoms with Gasteiger partial charge in [-0.25, -0.2) is 0 Å². The van der Waals surface area contributed by atoms with Gasteiger partial charge in [0.05, 0.1) is 0 Å². The third kappa shape index (κ3) is 3.29. The van der Waals surface area contributed by atoms with Crippen LogP contribution in [0.4, 0.5) is 0 Å². The standard InChI is InChI=1S/C12H19Cl2NO3/c1-7(2)5-15-9(16)8(3)18-10(17)11(4)6-12(11,13)14/h7-8H,5-6H2,1-4H3,(H,15,16). The van der Waals surface area contributed by atoms with Crippen LogP contribution in [0.1, 0.15) is 34.1 Å². The monoisotopic (exact) mass is 295 g/mol. The number of hydrogen-bond donors (Lipinski definition) is 1. The number of hydrogen-bond acceptors (Lipinski definition) is 3. The molecule has 1 amide bonds. The van der Waals surface area contributed by atoms with Gasteiger partial charge in [-0.15, -0.1) is 23.2 Å². The Kier molecular flexibility index (Phi) is 4.55. The third-order valence-electron chi connectivity index (χ3n) is 3.05. The predicted octanol–water partition coefficient (Wildman–Crippen LogP) is 2.27. The Balaban J connectivity index is 2.43. The lowest BCUT2D eigenvalue weighted by Gasteiger charge is -2.17. The predicted molar refractivity (Wildman–Crippen MR) is 70.6 cm³/mol. The number of halogens is 2. The van der Waals surface area contributed by atoms with Crippen molar-refractivity contribution in [3.05, 3.63) is 0 Å². The second kappa shape index (κ2) is 5.25. The van der Waals surface area contributed by atoms with E-state index in [1.165, 1.54) is 6.92 Å². The number of esters is 1. The van der Waals surface area contributed by atoms with Crippen LogP contribution in [0.25, 0.3) is 0 Å². The van der Waals surface area contributed by atoms with Gasteiger partial charge in [-0.1, -0.05) is 13.8 Å². The second-order valence-electron chi connectivity index (χ2n) is 5.40. The molecule has 1 saturated carbocycles. The van der Waals surface area contributed by atoms with Gasteiger partial charge in [-0.2, -0.15) is 0 Å². The van der Waals surface area contributed by atoms with E-state index in [9.17, 15) is 9.59 Å². The van der Waals surface area contributed by atoms with Crippen LogP contribution in [-0.2, 0) is 14.3 Å². The van der Waals surface area contributed by atoms with Crippen molar-refractivity contribution in [2.24, 2.45) is 11.3 Å². The van der Waals surface area contributed by atoms with E-state index in [0.717, 1.165) is 0 Å². The zero-order valence-electron chi connectivity index (χ0n) is 11.0. The number of nitrogens with one attached hydrogen (secondary N) is 1. The zero-order valence-corrected chi connectivity index (χ0v) is 12.6. The SMILES string of the molecule is CC(C)CNC(=O)C(C)OC(=O)C1(C)CC1(Cl)Cl. The molecule has 1 aliphatic rings. The molecule has 4 nitrogen and oxygen atoms in total. The van der Waals surface area contributed by atoms with Crippen LogP contribution < -0.4 is 5.32 Å². The molecule has 0 aliphatic heterocycles. The summed E-state index contributed by atoms with van der Waals surface area (Å²) in [6, 6.07) is 0. The van der Waals surface area contributed by atoms with E-state index in [0.29, 0.717) is 18.9 Å². The van der Waals surface area contributed by atoms with E-state index in [1.807, 2.05) is 13.8 Å². The van der Waals surface area contributed by atoms with Crippen molar-refractivity contribution >= 4 is 35.1 Å². The van der Waals surface area contributed by atoms with Crippen molar-refractivity contribution in [2.45, 2.75) is 44.6 Å². The number of carbonyl (C=O) groups is 2. The summed E-state index contributed by atoms with van der Waals surface area (Å²) >= 11 is 11.7. The van der Waals surface area contributed by atoms with Crippen molar-refractivity contribution in [2.75, 3.05) is 6.54 Å². The van der Waals surface area contributed by atoms with Crippen molar-refractivity contribution in [1.29, 1.82) is 0 Å². The number of carbonyl (C=O) groups excluding carboxylic acids is 2. The summed E-state index contributed by atoms with van der Waals surface area (Å²) < 4.78 is 4.02. The Morgan fingerprint density at radius 2 is 1.83 bits per heavy atom. The highest BCUT2D eigenvalue weighted by molar-refractivity contribution is 6.53. The summed E-state index contributed by atoms with van der Waals surface area (Å²) in [5.74, 6) is -0.494. The molecule has 0 spiro atoms. The Morgan fingerprint density at radius 3 is 2.22 bits per heavy atom. The fraction of sp³-hybridized carbons (Fsp3) is 0.833. The quantitative estimate of drug-likeness (QED) is 0.625. The smallest absolute Gasteiger partial charge is 0.315 e. The Bertz CT molecular complexity index is 357. The number of ether oxygens (including phenoxy) is 1. The topological polar surface area (TPSA) is 55.4 Å². The molecular formula is C12H19Cl2NO3. The van der Waals surface area contributed by atoms with E-state index >= 15 is 0 Å². The van der Waals surface area contributed by atoms with Gasteiger partial charge in [0.1, 0.15) is 9.75 Å².